The fourth-order valence-corrected chi connectivity index (χ4v) is 4.19. The summed E-state index contributed by atoms with van der Waals surface area (Å²) in [7, 11) is 0. The van der Waals surface area contributed by atoms with Gasteiger partial charge in [-0.3, -0.25) is 0 Å². The summed E-state index contributed by atoms with van der Waals surface area (Å²) < 4.78 is 5.75. The van der Waals surface area contributed by atoms with Crippen LogP contribution in [0.2, 0.25) is 0 Å². The second kappa shape index (κ2) is 19.2. The topological polar surface area (TPSA) is 35.0 Å². The van der Waals surface area contributed by atoms with Gasteiger partial charge in [-0.2, -0.15) is 0 Å². The molecule has 0 saturated heterocycles. The van der Waals surface area contributed by atoms with Crippen LogP contribution in [0.25, 0.3) is 11.4 Å². The summed E-state index contributed by atoms with van der Waals surface area (Å²) in [6.45, 7) is 4.54. The van der Waals surface area contributed by atoms with Crippen molar-refractivity contribution in [3.8, 4) is 17.1 Å². The molecule has 2 rings (SSSR count). The molecule has 0 amide bonds. The van der Waals surface area contributed by atoms with Crippen molar-refractivity contribution in [3.63, 3.8) is 0 Å². The standard InChI is InChI=1S/C31H48N2O/c1-3-5-7-9-11-12-13-15-17-19-25-34-30-23-21-29(22-24-30)31-32-26-28(27-33-31)20-18-16-14-10-8-6-4-2/h19,21-27H,3-18,20H2,1-2H3/b25-19-. The normalized spacial score (nSPS) is 11.4. The van der Waals surface area contributed by atoms with Gasteiger partial charge in [0.1, 0.15) is 5.75 Å². The van der Waals surface area contributed by atoms with Gasteiger partial charge in [0.2, 0.25) is 0 Å². The molecule has 0 fully saturated rings. The van der Waals surface area contributed by atoms with E-state index in [2.05, 4.69) is 29.9 Å². The van der Waals surface area contributed by atoms with E-state index in [-0.39, 0.29) is 0 Å². The fraction of sp³-hybridized carbons (Fsp3) is 0.613. The van der Waals surface area contributed by atoms with Crippen LogP contribution in [0.5, 0.6) is 5.75 Å². The van der Waals surface area contributed by atoms with Crippen molar-refractivity contribution in [2.45, 2.75) is 123 Å². The molecular weight excluding hydrogens is 416 g/mol. The van der Waals surface area contributed by atoms with Crippen molar-refractivity contribution >= 4 is 0 Å². The number of aryl methyl sites for hydroxylation is 1. The second-order valence-electron chi connectivity index (χ2n) is 9.56. The molecule has 2 aromatic rings. The van der Waals surface area contributed by atoms with Gasteiger partial charge in [-0.25, -0.2) is 9.97 Å². The summed E-state index contributed by atoms with van der Waals surface area (Å²) in [6, 6.07) is 8.05. The van der Waals surface area contributed by atoms with Crippen LogP contribution >= 0.6 is 0 Å². The van der Waals surface area contributed by atoms with Crippen molar-refractivity contribution in [1.29, 1.82) is 0 Å². The van der Waals surface area contributed by atoms with Crippen molar-refractivity contribution in [3.05, 3.63) is 54.6 Å². The molecule has 1 heterocycles. The maximum Gasteiger partial charge on any atom is 0.159 e. The lowest BCUT2D eigenvalue weighted by atomic mass is 10.1. The van der Waals surface area contributed by atoms with Gasteiger partial charge in [0.05, 0.1) is 6.26 Å². The number of benzene rings is 1. The van der Waals surface area contributed by atoms with E-state index in [0.29, 0.717) is 0 Å². The van der Waals surface area contributed by atoms with E-state index < -0.39 is 0 Å². The number of nitrogens with zero attached hydrogens (tertiary/aromatic N) is 2. The Balaban J connectivity index is 1.60. The Morgan fingerprint density at radius 2 is 1.18 bits per heavy atom. The number of ether oxygens (including phenoxy) is 1. The first-order chi connectivity index (χ1) is 16.8. The van der Waals surface area contributed by atoms with Gasteiger partial charge >= 0.3 is 0 Å². The van der Waals surface area contributed by atoms with Gasteiger partial charge in [0, 0.05) is 18.0 Å². The molecule has 188 valence electrons. The Morgan fingerprint density at radius 1 is 0.647 bits per heavy atom. The number of rotatable bonds is 20. The third-order valence-electron chi connectivity index (χ3n) is 6.41. The third-order valence-corrected chi connectivity index (χ3v) is 6.41. The summed E-state index contributed by atoms with van der Waals surface area (Å²) >= 11 is 0. The van der Waals surface area contributed by atoms with Crippen molar-refractivity contribution < 1.29 is 4.74 Å². The average Bonchev–Trinajstić information content (AvgIpc) is 2.87. The highest BCUT2D eigenvalue weighted by Crippen LogP contribution is 2.20. The number of hydrogen-bond donors (Lipinski definition) is 0. The van der Waals surface area contributed by atoms with Crippen LogP contribution in [0.4, 0.5) is 0 Å². The van der Waals surface area contributed by atoms with Gasteiger partial charge in [0.15, 0.2) is 5.82 Å². The number of unbranched alkanes of at least 4 members (excludes halogenated alkanes) is 14. The molecule has 0 bridgehead atoms. The molecular formula is C31H48N2O. The quantitative estimate of drug-likeness (QED) is 0.144. The minimum Gasteiger partial charge on any atom is -0.465 e. The second-order valence-corrected chi connectivity index (χ2v) is 9.56. The van der Waals surface area contributed by atoms with E-state index >= 15 is 0 Å². The summed E-state index contributed by atoms with van der Waals surface area (Å²) in [5.41, 5.74) is 2.26. The minimum absolute atomic E-state index is 0.778. The number of aromatic nitrogens is 2. The molecule has 0 spiro atoms. The molecule has 0 aliphatic carbocycles. The van der Waals surface area contributed by atoms with Gasteiger partial charge in [0.25, 0.3) is 0 Å². The van der Waals surface area contributed by atoms with Crippen LogP contribution in [0, 0.1) is 0 Å². The van der Waals surface area contributed by atoms with Crippen molar-refractivity contribution in [1.82, 2.24) is 9.97 Å². The van der Waals surface area contributed by atoms with E-state index in [1.807, 2.05) is 42.9 Å². The lowest BCUT2D eigenvalue weighted by Gasteiger charge is -2.05. The van der Waals surface area contributed by atoms with Crippen LogP contribution in [0.1, 0.15) is 122 Å². The zero-order valence-corrected chi connectivity index (χ0v) is 21.9. The van der Waals surface area contributed by atoms with Crippen LogP contribution in [0.15, 0.2) is 49.0 Å². The number of allylic oxidation sites excluding steroid dienone is 1. The van der Waals surface area contributed by atoms with E-state index in [0.717, 1.165) is 30.0 Å². The lowest BCUT2D eigenvalue weighted by molar-refractivity contribution is 0.477. The Labute approximate surface area is 209 Å². The highest BCUT2D eigenvalue weighted by molar-refractivity contribution is 5.55. The van der Waals surface area contributed by atoms with Gasteiger partial charge < -0.3 is 4.74 Å². The molecule has 0 aliphatic rings. The highest BCUT2D eigenvalue weighted by atomic mass is 16.5. The molecule has 3 heteroatoms. The zero-order chi connectivity index (χ0) is 24.1. The maximum absolute atomic E-state index is 5.75. The van der Waals surface area contributed by atoms with Crippen LogP contribution in [0.3, 0.4) is 0 Å². The summed E-state index contributed by atoms with van der Waals surface area (Å²) in [4.78, 5) is 9.17. The Hall–Kier alpha value is -2.16. The van der Waals surface area contributed by atoms with E-state index in [1.54, 1.807) is 0 Å². The fourth-order valence-electron chi connectivity index (χ4n) is 4.19. The first-order valence-electron chi connectivity index (χ1n) is 14.1. The maximum atomic E-state index is 5.75. The molecule has 1 aromatic carbocycles. The first-order valence-corrected chi connectivity index (χ1v) is 14.1. The molecule has 0 saturated carbocycles. The summed E-state index contributed by atoms with van der Waals surface area (Å²) in [5.74, 6) is 1.63. The molecule has 3 nitrogen and oxygen atoms in total. The largest absolute Gasteiger partial charge is 0.465 e. The van der Waals surface area contributed by atoms with Crippen LogP contribution < -0.4 is 4.74 Å². The monoisotopic (exact) mass is 464 g/mol. The highest BCUT2D eigenvalue weighted by Gasteiger charge is 2.03. The molecule has 0 atom stereocenters. The number of hydrogen-bond acceptors (Lipinski definition) is 3. The van der Waals surface area contributed by atoms with Gasteiger partial charge in [-0.15, -0.1) is 0 Å². The van der Waals surface area contributed by atoms with Gasteiger partial charge in [-0.1, -0.05) is 97.3 Å². The Bertz CT molecular complexity index is 752. The summed E-state index contributed by atoms with van der Waals surface area (Å²) in [5, 5.41) is 0. The predicted octanol–water partition coefficient (Wildman–Crippen LogP) is 9.86. The first kappa shape index (κ1) is 28.1. The molecule has 0 radical (unpaired) electrons. The molecule has 0 N–H and O–H groups in total. The van der Waals surface area contributed by atoms with Crippen molar-refractivity contribution in [2.24, 2.45) is 0 Å². The smallest absolute Gasteiger partial charge is 0.159 e. The Morgan fingerprint density at radius 3 is 1.76 bits per heavy atom. The van der Waals surface area contributed by atoms with Gasteiger partial charge in [-0.05, 0) is 61.6 Å². The van der Waals surface area contributed by atoms with E-state index in [4.69, 9.17) is 4.74 Å². The molecule has 1 aromatic heterocycles. The van der Waals surface area contributed by atoms with E-state index in [1.165, 1.54) is 102 Å². The van der Waals surface area contributed by atoms with Crippen molar-refractivity contribution in [2.75, 3.05) is 0 Å². The predicted molar refractivity (Wildman–Crippen MR) is 146 cm³/mol. The average molecular weight is 465 g/mol. The Kier molecular flexibility index (Phi) is 15.8. The molecule has 34 heavy (non-hydrogen) atoms. The van der Waals surface area contributed by atoms with E-state index in [9.17, 15) is 0 Å². The molecule has 0 aliphatic heterocycles. The zero-order valence-electron chi connectivity index (χ0n) is 21.9. The molecule has 0 unspecified atom stereocenters. The lowest BCUT2D eigenvalue weighted by Crippen LogP contribution is -1.93. The SMILES string of the molecule is CCCCCCCCCC/C=C\Oc1ccc(-c2ncc(CCCCCCCCC)cn2)cc1. The summed E-state index contributed by atoms with van der Waals surface area (Å²) in [6.07, 6.45) is 30.3. The third kappa shape index (κ3) is 12.9. The van der Waals surface area contributed by atoms with Crippen LogP contribution in [-0.2, 0) is 6.42 Å². The minimum atomic E-state index is 0.778. The van der Waals surface area contributed by atoms with Crippen LogP contribution in [-0.4, -0.2) is 9.97 Å².